The SMILES string of the molecule is CCCCOc1ccc(/C=N\NC(=O)Cc2cc(Cl)ccc2SCC)cc1OCC. The van der Waals surface area contributed by atoms with Gasteiger partial charge in [0.15, 0.2) is 11.5 Å². The molecule has 0 saturated heterocycles. The summed E-state index contributed by atoms with van der Waals surface area (Å²) in [4.78, 5) is 13.4. The molecular formula is C23H29ClN2O3S. The Morgan fingerprint density at radius 2 is 1.97 bits per heavy atom. The average Bonchev–Trinajstić information content (AvgIpc) is 2.72. The Bertz CT molecular complexity index is 858. The molecule has 0 aliphatic rings. The number of ether oxygens (including phenoxy) is 2. The van der Waals surface area contributed by atoms with E-state index < -0.39 is 0 Å². The maximum atomic E-state index is 12.3. The topological polar surface area (TPSA) is 59.9 Å². The maximum Gasteiger partial charge on any atom is 0.244 e. The number of benzene rings is 2. The molecule has 0 radical (unpaired) electrons. The molecule has 0 saturated carbocycles. The van der Waals surface area contributed by atoms with Crippen molar-refractivity contribution in [1.82, 2.24) is 5.43 Å². The van der Waals surface area contributed by atoms with Crippen LogP contribution < -0.4 is 14.9 Å². The summed E-state index contributed by atoms with van der Waals surface area (Å²) in [6.45, 7) is 7.32. The highest BCUT2D eigenvalue weighted by Gasteiger charge is 2.09. The number of nitrogens with one attached hydrogen (secondary N) is 1. The highest BCUT2D eigenvalue weighted by Crippen LogP contribution is 2.28. The Labute approximate surface area is 188 Å². The summed E-state index contributed by atoms with van der Waals surface area (Å²) < 4.78 is 11.5. The van der Waals surface area contributed by atoms with E-state index in [9.17, 15) is 4.79 Å². The smallest absolute Gasteiger partial charge is 0.244 e. The van der Waals surface area contributed by atoms with E-state index in [4.69, 9.17) is 21.1 Å². The molecule has 0 spiro atoms. The Balaban J connectivity index is 1.99. The second-order valence-electron chi connectivity index (χ2n) is 6.50. The highest BCUT2D eigenvalue weighted by molar-refractivity contribution is 7.99. The number of amides is 1. The van der Waals surface area contributed by atoms with Crippen LogP contribution >= 0.6 is 23.4 Å². The van der Waals surface area contributed by atoms with Crippen molar-refractivity contribution in [3.63, 3.8) is 0 Å². The quantitative estimate of drug-likeness (QED) is 0.195. The molecule has 0 fully saturated rings. The lowest BCUT2D eigenvalue weighted by Crippen LogP contribution is -2.20. The standard InChI is InChI=1S/C23H29ClN2O3S/c1-4-7-12-29-20-10-8-17(13-21(20)28-5-2)16-25-26-23(27)15-18-14-19(24)9-11-22(18)30-6-3/h8-11,13-14,16H,4-7,12,15H2,1-3H3,(H,26,27)/b25-16-. The van der Waals surface area contributed by atoms with Crippen LogP contribution in [0.1, 0.15) is 44.7 Å². The van der Waals surface area contributed by atoms with E-state index in [1.165, 1.54) is 0 Å². The van der Waals surface area contributed by atoms with Crippen molar-refractivity contribution in [1.29, 1.82) is 0 Å². The lowest BCUT2D eigenvalue weighted by Gasteiger charge is -2.12. The van der Waals surface area contributed by atoms with E-state index in [1.807, 2.05) is 43.3 Å². The van der Waals surface area contributed by atoms with Gasteiger partial charge in [-0.3, -0.25) is 4.79 Å². The molecule has 0 aliphatic carbocycles. The number of hydrogen-bond donors (Lipinski definition) is 1. The van der Waals surface area contributed by atoms with Crippen LogP contribution in [0.4, 0.5) is 0 Å². The van der Waals surface area contributed by atoms with E-state index >= 15 is 0 Å². The lowest BCUT2D eigenvalue weighted by molar-refractivity contribution is -0.120. The molecule has 162 valence electrons. The fraction of sp³-hybridized carbons (Fsp3) is 0.391. The second kappa shape index (κ2) is 13.2. The number of nitrogens with zero attached hydrogens (tertiary/aromatic N) is 1. The third-order valence-corrected chi connectivity index (χ3v) is 5.33. The van der Waals surface area contributed by atoms with E-state index in [0.29, 0.717) is 29.7 Å². The summed E-state index contributed by atoms with van der Waals surface area (Å²) in [6.07, 6.45) is 3.87. The van der Waals surface area contributed by atoms with Gasteiger partial charge in [-0.05, 0) is 66.6 Å². The van der Waals surface area contributed by atoms with Crippen molar-refractivity contribution >= 4 is 35.5 Å². The van der Waals surface area contributed by atoms with Gasteiger partial charge < -0.3 is 9.47 Å². The second-order valence-corrected chi connectivity index (χ2v) is 8.24. The zero-order valence-electron chi connectivity index (χ0n) is 17.7. The first kappa shape index (κ1) is 24.1. The molecule has 1 N–H and O–H groups in total. The summed E-state index contributed by atoms with van der Waals surface area (Å²) in [5, 5.41) is 4.70. The van der Waals surface area contributed by atoms with Crippen LogP contribution in [0.5, 0.6) is 11.5 Å². The van der Waals surface area contributed by atoms with Gasteiger partial charge in [0.1, 0.15) is 0 Å². The monoisotopic (exact) mass is 448 g/mol. The zero-order chi connectivity index (χ0) is 21.8. The van der Waals surface area contributed by atoms with Gasteiger partial charge >= 0.3 is 0 Å². The molecule has 5 nitrogen and oxygen atoms in total. The minimum Gasteiger partial charge on any atom is -0.490 e. The highest BCUT2D eigenvalue weighted by atomic mass is 35.5. The van der Waals surface area contributed by atoms with Gasteiger partial charge in [0.05, 0.1) is 25.8 Å². The van der Waals surface area contributed by atoms with Gasteiger partial charge in [0, 0.05) is 9.92 Å². The van der Waals surface area contributed by atoms with Crippen LogP contribution in [0.3, 0.4) is 0 Å². The minimum atomic E-state index is -0.198. The Morgan fingerprint density at radius 3 is 2.70 bits per heavy atom. The normalized spacial score (nSPS) is 10.9. The van der Waals surface area contributed by atoms with Crippen molar-refractivity contribution in [2.24, 2.45) is 5.10 Å². The van der Waals surface area contributed by atoms with E-state index in [1.54, 1.807) is 18.0 Å². The number of carbonyl (C=O) groups excluding carboxylic acids is 1. The van der Waals surface area contributed by atoms with E-state index in [-0.39, 0.29) is 12.3 Å². The van der Waals surface area contributed by atoms with E-state index in [2.05, 4.69) is 24.4 Å². The molecule has 7 heteroatoms. The van der Waals surface area contributed by atoms with Crippen LogP contribution in [0.15, 0.2) is 46.4 Å². The first-order valence-electron chi connectivity index (χ1n) is 10.2. The number of carbonyl (C=O) groups is 1. The van der Waals surface area contributed by atoms with Crippen molar-refractivity contribution in [3.05, 3.63) is 52.5 Å². The number of hydrogen-bond acceptors (Lipinski definition) is 5. The maximum absolute atomic E-state index is 12.3. The molecule has 0 heterocycles. The summed E-state index contributed by atoms with van der Waals surface area (Å²) in [5.41, 5.74) is 4.29. The molecule has 0 unspecified atom stereocenters. The third kappa shape index (κ3) is 7.92. The molecule has 2 aromatic carbocycles. The largest absolute Gasteiger partial charge is 0.490 e. The molecule has 0 bridgehead atoms. The number of rotatable bonds is 12. The van der Waals surface area contributed by atoms with Crippen LogP contribution in [-0.2, 0) is 11.2 Å². The predicted octanol–water partition coefficient (Wildman–Crippen LogP) is 5.72. The summed E-state index contributed by atoms with van der Waals surface area (Å²) >= 11 is 7.77. The first-order valence-corrected chi connectivity index (χ1v) is 11.6. The van der Waals surface area contributed by atoms with Crippen LogP contribution in [0.25, 0.3) is 0 Å². The van der Waals surface area contributed by atoms with Gasteiger partial charge in [0.25, 0.3) is 0 Å². The number of unbranched alkanes of at least 4 members (excludes halogenated alkanes) is 1. The Kier molecular flexibility index (Phi) is 10.6. The zero-order valence-corrected chi connectivity index (χ0v) is 19.3. The van der Waals surface area contributed by atoms with Gasteiger partial charge in [0.2, 0.25) is 5.91 Å². The fourth-order valence-corrected chi connectivity index (χ4v) is 3.68. The molecule has 1 amide bonds. The summed E-state index contributed by atoms with van der Waals surface area (Å²) in [6, 6.07) is 11.2. The lowest BCUT2D eigenvalue weighted by atomic mass is 10.1. The van der Waals surface area contributed by atoms with Crippen LogP contribution in [0, 0.1) is 0 Å². The summed E-state index contributed by atoms with van der Waals surface area (Å²) in [5.74, 6) is 2.11. The van der Waals surface area contributed by atoms with E-state index in [0.717, 1.165) is 34.6 Å². The molecule has 2 rings (SSSR count). The van der Waals surface area contributed by atoms with Crippen molar-refractivity contribution in [2.45, 2.75) is 44.9 Å². The van der Waals surface area contributed by atoms with Crippen LogP contribution in [0.2, 0.25) is 5.02 Å². The van der Waals surface area contributed by atoms with Gasteiger partial charge in [-0.15, -0.1) is 11.8 Å². The minimum absolute atomic E-state index is 0.198. The van der Waals surface area contributed by atoms with Crippen molar-refractivity contribution in [3.8, 4) is 11.5 Å². The van der Waals surface area contributed by atoms with Gasteiger partial charge in [-0.25, -0.2) is 5.43 Å². The van der Waals surface area contributed by atoms with Crippen LogP contribution in [-0.4, -0.2) is 31.1 Å². The number of halogens is 1. The number of hydrazone groups is 1. The predicted molar refractivity (Wildman–Crippen MR) is 125 cm³/mol. The van der Waals surface area contributed by atoms with Crippen molar-refractivity contribution in [2.75, 3.05) is 19.0 Å². The summed E-state index contributed by atoms with van der Waals surface area (Å²) in [7, 11) is 0. The molecule has 0 aliphatic heterocycles. The molecule has 0 aromatic heterocycles. The molecule has 2 aromatic rings. The Hall–Kier alpha value is -2.18. The number of thioether (sulfide) groups is 1. The average molecular weight is 449 g/mol. The first-order chi connectivity index (χ1) is 14.6. The fourth-order valence-electron chi connectivity index (χ4n) is 2.69. The van der Waals surface area contributed by atoms with Gasteiger partial charge in [-0.1, -0.05) is 31.9 Å². The molecule has 0 atom stereocenters. The molecular weight excluding hydrogens is 420 g/mol. The Morgan fingerprint density at radius 1 is 1.13 bits per heavy atom. The van der Waals surface area contributed by atoms with Gasteiger partial charge in [-0.2, -0.15) is 5.10 Å². The van der Waals surface area contributed by atoms with Crippen molar-refractivity contribution < 1.29 is 14.3 Å². The third-order valence-electron chi connectivity index (χ3n) is 4.10. The molecule has 30 heavy (non-hydrogen) atoms.